The summed E-state index contributed by atoms with van der Waals surface area (Å²) in [5, 5.41) is 2.72. The highest BCUT2D eigenvalue weighted by Gasteiger charge is 2.13. The molecule has 2 N–H and O–H groups in total. The summed E-state index contributed by atoms with van der Waals surface area (Å²) in [6.45, 7) is 0.857. The van der Waals surface area contributed by atoms with Gasteiger partial charge in [-0.1, -0.05) is 24.3 Å². The largest absolute Gasteiger partial charge is 0.356 e. The molecule has 0 unspecified atom stereocenters. The number of amides is 1. The Labute approximate surface area is 155 Å². The molecule has 0 aliphatic rings. The fourth-order valence-electron chi connectivity index (χ4n) is 2.93. The summed E-state index contributed by atoms with van der Waals surface area (Å²) in [6, 6.07) is 13.1. The second-order valence-corrected chi connectivity index (χ2v) is 6.21. The average molecular weight is 369 g/mol. The molecule has 0 spiro atoms. The zero-order valence-corrected chi connectivity index (χ0v) is 14.7. The number of Topliss-reactive ketones (excluding diaryl/α,β-unsaturated/α-hetero) is 1. The number of aromatic amines is 1. The number of nitrogens with zero attached hydrogens (tertiary/aromatic N) is 1. The van der Waals surface area contributed by atoms with Crippen LogP contribution in [0.5, 0.6) is 0 Å². The van der Waals surface area contributed by atoms with Gasteiger partial charge in [-0.25, -0.2) is 9.18 Å². The third-order valence-electron chi connectivity index (χ3n) is 4.32. The number of ketones is 1. The second-order valence-electron chi connectivity index (χ2n) is 6.21. The number of aromatic nitrogens is 2. The summed E-state index contributed by atoms with van der Waals surface area (Å²) in [5.74, 6) is -1.24. The van der Waals surface area contributed by atoms with Crippen molar-refractivity contribution in [2.45, 2.75) is 25.8 Å². The standard InChI is InChI=1S/C20H20FN3O3/c21-15-7-2-1-6-14(15)18(25)10-11-19(26)22-12-5-13-24-17-9-4-3-8-16(17)23-20(24)27/h1-4,6-9H,5,10-13H2,(H,22,26)(H,23,27). The summed E-state index contributed by atoms with van der Waals surface area (Å²) in [6.07, 6.45) is 0.531. The van der Waals surface area contributed by atoms with Crippen LogP contribution in [-0.4, -0.2) is 27.8 Å². The Balaban J connectivity index is 1.43. The molecule has 3 aromatic rings. The quantitative estimate of drug-likeness (QED) is 0.473. The van der Waals surface area contributed by atoms with Crippen LogP contribution in [0.25, 0.3) is 11.0 Å². The van der Waals surface area contributed by atoms with Gasteiger partial charge in [0.15, 0.2) is 5.78 Å². The Morgan fingerprint density at radius 1 is 1.04 bits per heavy atom. The van der Waals surface area contributed by atoms with Gasteiger partial charge in [-0.05, 0) is 30.7 Å². The van der Waals surface area contributed by atoms with E-state index in [9.17, 15) is 18.8 Å². The minimum Gasteiger partial charge on any atom is -0.356 e. The monoisotopic (exact) mass is 369 g/mol. The van der Waals surface area contributed by atoms with Gasteiger partial charge in [0, 0.05) is 25.9 Å². The number of carbonyl (C=O) groups is 2. The lowest BCUT2D eigenvalue weighted by atomic mass is 10.1. The molecule has 0 atom stereocenters. The van der Waals surface area contributed by atoms with E-state index in [1.165, 1.54) is 18.2 Å². The Morgan fingerprint density at radius 2 is 1.78 bits per heavy atom. The molecular weight excluding hydrogens is 349 g/mol. The molecule has 7 heteroatoms. The number of nitrogens with one attached hydrogen (secondary N) is 2. The van der Waals surface area contributed by atoms with Crippen molar-refractivity contribution < 1.29 is 14.0 Å². The highest BCUT2D eigenvalue weighted by atomic mass is 19.1. The lowest BCUT2D eigenvalue weighted by molar-refractivity contribution is -0.121. The van der Waals surface area contributed by atoms with Crippen LogP contribution in [0.4, 0.5) is 4.39 Å². The fraction of sp³-hybridized carbons (Fsp3) is 0.250. The molecule has 0 aliphatic heterocycles. The van der Waals surface area contributed by atoms with Gasteiger partial charge >= 0.3 is 5.69 Å². The molecule has 3 rings (SSSR count). The van der Waals surface area contributed by atoms with Gasteiger partial charge in [0.1, 0.15) is 5.82 Å². The third-order valence-corrected chi connectivity index (χ3v) is 4.32. The number of carbonyl (C=O) groups excluding carboxylic acids is 2. The maximum atomic E-state index is 13.5. The number of aryl methyl sites for hydroxylation is 1. The van der Waals surface area contributed by atoms with Gasteiger partial charge in [-0.15, -0.1) is 0 Å². The fourth-order valence-corrected chi connectivity index (χ4v) is 2.93. The van der Waals surface area contributed by atoms with Gasteiger partial charge in [-0.2, -0.15) is 0 Å². The lowest BCUT2D eigenvalue weighted by Crippen LogP contribution is -2.27. The molecule has 0 aliphatic carbocycles. The minimum atomic E-state index is -0.577. The van der Waals surface area contributed by atoms with E-state index in [2.05, 4.69) is 10.3 Å². The Hall–Kier alpha value is -3.22. The molecule has 2 aromatic carbocycles. The van der Waals surface area contributed by atoms with E-state index < -0.39 is 11.6 Å². The smallest absolute Gasteiger partial charge is 0.326 e. The Morgan fingerprint density at radius 3 is 2.59 bits per heavy atom. The normalized spacial score (nSPS) is 10.9. The summed E-state index contributed by atoms with van der Waals surface area (Å²) in [7, 11) is 0. The number of halogens is 1. The van der Waals surface area contributed by atoms with Gasteiger partial charge < -0.3 is 10.3 Å². The predicted octanol–water partition coefficient (Wildman–Crippen LogP) is 2.64. The SMILES string of the molecule is O=C(CCC(=O)c1ccccc1F)NCCCn1c(=O)[nH]c2ccccc21. The summed E-state index contributed by atoms with van der Waals surface area (Å²) in [5.41, 5.74) is 1.42. The van der Waals surface area contributed by atoms with Crippen molar-refractivity contribution in [3.8, 4) is 0 Å². The van der Waals surface area contributed by atoms with Crippen molar-refractivity contribution in [2.75, 3.05) is 6.54 Å². The number of rotatable bonds is 8. The molecule has 27 heavy (non-hydrogen) atoms. The lowest BCUT2D eigenvalue weighted by Gasteiger charge is -2.06. The molecule has 6 nitrogen and oxygen atoms in total. The van der Waals surface area contributed by atoms with E-state index in [0.717, 1.165) is 11.0 Å². The topological polar surface area (TPSA) is 84.0 Å². The summed E-state index contributed by atoms with van der Waals surface area (Å²) >= 11 is 0. The van der Waals surface area contributed by atoms with Gasteiger partial charge in [0.25, 0.3) is 0 Å². The maximum absolute atomic E-state index is 13.5. The molecule has 0 bridgehead atoms. The number of benzene rings is 2. The van der Waals surface area contributed by atoms with Gasteiger partial charge in [0.05, 0.1) is 16.6 Å². The molecular formula is C20H20FN3O3. The third kappa shape index (κ3) is 4.49. The van der Waals surface area contributed by atoms with Crippen molar-refractivity contribution in [2.24, 2.45) is 0 Å². The van der Waals surface area contributed by atoms with Crippen molar-refractivity contribution in [3.63, 3.8) is 0 Å². The minimum absolute atomic E-state index is 0.000200. The van der Waals surface area contributed by atoms with E-state index in [1.807, 2.05) is 24.3 Å². The summed E-state index contributed by atoms with van der Waals surface area (Å²) in [4.78, 5) is 38.6. The van der Waals surface area contributed by atoms with Crippen molar-refractivity contribution >= 4 is 22.7 Å². The van der Waals surface area contributed by atoms with Crippen LogP contribution in [0.2, 0.25) is 0 Å². The number of para-hydroxylation sites is 2. The molecule has 0 saturated heterocycles. The number of hydrogen-bond acceptors (Lipinski definition) is 3. The van der Waals surface area contributed by atoms with Crippen molar-refractivity contribution in [1.82, 2.24) is 14.9 Å². The van der Waals surface area contributed by atoms with Crippen LogP contribution in [0, 0.1) is 5.82 Å². The van der Waals surface area contributed by atoms with Gasteiger partial charge in [0.2, 0.25) is 5.91 Å². The maximum Gasteiger partial charge on any atom is 0.326 e. The zero-order valence-electron chi connectivity index (χ0n) is 14.7. The highest BCUT2D eigenvalue weighted by Crippen LogP contribution is 2.11. The van der Waals surface area contributed by atoms with E-state index >= 15 is 0 Å². The molecule has 0 fully saturated rings. The number of imidazole rings is 1. The van der Waals surface area contributed by atoms with E-state index in [-0.39, 0.29) is 30.0 Å². The zero-order chi connectivity index (χ0) is 19.2. The number of fused-ring (bicyclic) bond motifs is 1. The highest BCUT2D eigenvalue weighted by molar-refractivity contribution is 5.98. The number of H-pyrrole nitrogens is 1. The predicted molar refractivity (Wildman–Crippen MR) is 100 cm³/mol. The van der Waals surface area contributed by atoms with Crippen molar-refractivity contribution in [1.29, 1.82) is 0 Å². The first-order valence-electron chi connectivity index (χ1n) is 8.78. The first-order valence-corrected chi connectivity index (χ1v) is 8.78. The van der Waals surface area contributed by atoms with Crippen LogP contribution < -0.4 is 11.0 Å². The van der Waals surface area contributed by atoms with E-state index in [1.54, 1.807) is 10.6 Å². The molecule has 140 valence electrons. The average Bonchev–Trinajstić information content (AvgIpc) is 2.99. The van der Waals surface area contributed by atoms with E-state index in [4.69, 9.17) is 0 Å². The Kier molecular flexibility index (Phi) is 5.80. The molecule has 1 aromatic heterocycles. The number of hydrogen-bond donors (Lipinski definition) is 2. The Bertz CT molecular complexity index is 1020. The molecule has 1 amide bonds. The van der Waals surface area contributed by atoms with E-state index in [0.29, 0.717) is 19.5 Å². The molecule has 1 heterocycles. The summed E-state index contributed by atoms with van der Waals surface area (Å²) < 4.78 is 15.2. The van der Waals surface area contributed by atoms with Crippen molar-refractivity contribution in [3.05, 3.63) is 70.4 Å². The van der Waals surface area contributed by atoms with Crippen LogP contribution in [0.1, 0.15) is 29.6 Å². The first-order chi connectivity index (χ1) is 13.1. The van der Waals surface area contributed by atoms with Crippen LogP contribution >= 0.6 is 0 Å². The van der Waals surface area contributed by atoms with Crippen LogP contribution in [0.15, 0.2) is 53.3 Å². The second kappa shape index (κ2) is 8.44. The van der Waals surface area contributed by atoms with Crippen LogP contribution in [0.3, 0.4) is 0 Å². The van der Waals surface area contributed by atoms with Gasteiger partial charge in [-0.3, -0.25) is 14.2 Å². The molecule has 0 saturated carbocycles. The first kappa shape index (κ1) is 18.6. The molecule has 0 radical (unpaired) electrons. The van der Waals surface area contributed by atoms with Crippen LogP contribution in [-0.2, 0) is 11.3 Å².